The standard InChI is InChI=1S/C27H25N2O2/c1-16-19-9-7-8-10-20(19)25(30-6)26-22(16)24-23-18(11-12-29(24)5)13-17(14-21(23)31-26)15-27(2,3)28-4/h7-14H,15H2,1-3,5-6H3/q+1. The number of methoxy groups -OCH3 is 1. The summed E-state index contributed by atoms with van der Waals surface area (Å²) in [5, 5.41) is 4.43. The minimum absolute atomic E-state index is 0.459. The first kappa shape index (κ1) is 19.4. The van der Waals surface area contributed by atoms with Gasteiger partial charge in [-0.15, -0.1) is 0 Å². The molecule has 0 saturated carbocycles. The van der Waals surface area contributed by atoms with Crippen LogP contribution in [0.3, 0.4) is 0 Å². The summed E-state index contributed by atoms with van der Waals surface area (Å²) in [4.78, 5) is 3.79. The molecular formula is C27H25N2O2+. The van der Waals surface area contributed by atoms with Crippen LogP contribution < -0.4 is 14.0 Å². The average molecular weight is 410 g/mol. The van der Waals surface area contributed by atoms with E-state index >= 15 is 0 Å². The number of fused-ring (bicyclic) bond motifs is 3. The number of nitrogens with zero attached hydrogens (tertiary/aromatic N) is 2. The van der Waals surface area contributed by atoms with Crippen LogP contribution in [0.25, 0.3) is 37.6 Å². The van der Waals surface area contributed by atoms with Crippen LogP contribution >= 0.6 is 0 Å². The Kier molecular flexibility index (Phi) is 4.20. The first-order valence-corrected chi connectivity index (χ1v) is 10.5. The van der Waals surface area contributed by atoms with Gasteiger partial charge in [-0.05, 0) is 34.9 Å². The van der Waals surface area contributed by atoms with Gasteiger partial charge in [0.25, 0.3) is 0 Å². The Morgan fingerprint density at radius 2 is 1.87 bits per heavy atom. The molecule has 31 heavy (non-hydrogen) atoms. The van der Waals surface area contributed by atoms with E-state index in [-0.39, 0.29) is 0 Å². The van der Waals surface area contributed by atoms with E-state index in [0.717, 1.165) is 55.6 Å². The number of aromatic nitrogens is 1. The zero-order valence-electron chi connectivity index (χ0n) is 18.5. The lowest BCUT2D eigenvalue weighted by atomic mass is 9.89. The fraction of sp³-hybridized carbons (Fsp3) is 0.259. The summed E-state index contributed by atoms with van der Waals surface area (Å²) in [7, 11) is 3.77. The highest BCUT2D eigenvalue weighted by Crippen LogP contribution is 2.53. The van der Waals surface area contributed by atoms with E-state index in [1.165, 1.54) is 5.56 Å². The number of benzene rings is 3. The molecule has 154 valence electrons. The molecule has 0 aliphatic carbocycles. The van der Waals surface area contributed by atoms with Crippen molar-refractivity contribution in [2.24, 2.45) is 7.05 Å². The van der Waals surface area contributed by atoms with Crippen molar-refractivity contribution < 1.29 is 14.0 Å². The lowest BCUT2D eigenvalue weighted by Gasteiger charge is -2.25. The second kappa shape index (κ2) is 6.72. The van der Waals surface area contributed by atoms with Crippen LogP contribution in [0.2, 0.25) is 0 Å². The maximum absolute atomic E-state index is 7.51. The van der Waals surface area contributed by atoms with Crippen molar-refractivity contribution in [1.29, 1.82) is 0 Å². The molecule has 1 aliphatic rings. The third kappa shape index (κ3) is 2.84. The van der Waals surface area contributed by atoms with Crippen LogP contribution in [0.1, 0.15) is 25.0 Å². The van der Waals surface area contributed by atoms with Gasteiger partial charge in [-0.1, -0.05) is 30.3 Å². The molecule has 1 aromatic heterocycles. The van der Waals surface area contributed by atoms with Gasteiger partial charge in [0.1, 0.15) is 12.8 Å². The second-order valence-electron chi connectivity index (χ2n) is 8.94. The van der Waals surface area contributed by atoms with Crippen molar-refractivity contribution in [1.82, 2.24) is 0 Å². The second-order valence-corrected chi connectivity index (χ2v) is 8.94. The van der Waals surface area contributed by atoms with E-state index in [1.54, 1.807) is 7.11 Å². The monoisotopic (exact) mass is 409 g/mol. The third-order valence-electron chi connectivity index (χ3n) is 6.24. The normalized spacial score (nSPS) is 12.4. The van der Waals surface area contributed by atoms with Crippen molar-refractivity contribution in [3.8, 4) is 28.5 Å². The molecule has 0 amide bonds. The number of hydrogen-bond donors (Lipinski definition) is 0. The summed E-state index contributed by atoms with van der Waals surface area (Å²) >= 11 is 0. The molecule has 0 atom stereocenters. The average Bonchev–Trinajstić information content (AvgIpc) is 2.75. The minimum atomic E-state index is -0.459. The molecule has 0 spiro atoms. The largest absolute Gasteiger partial charge is 0.492 e. The molecule has 0 saturated heterocycles. The van der Waals surface area contributed by atoms with E-state index in [2.05, 4.69) is 66.0 Å². The summed E-state index contributed by atoms with van der Waals surface area (Å²) in [5.41, 5.74) is 4.03. The zero-order chi connectivity index (χ0) is 21.9. The van der Waals surface area contributed by atoms with Crippen LogP contribution in [-0.2, 0) is 13.5 Å². The fourth-order valence-corrected chi connectivity index (χ4v) is 4.79. The molecule has 4 nitrogen and oxygen atoms in total. The number of ether oxygens (including phenoxy) is 2. The molecule has 0 bridgehead atoms. The van der Waals surface area contributed by atoms with E-state index in [1.807, 2.05) is 19.9 Å². The van der Waals surface area contributed by atoms with Crippen molar-refractivity contribution in [3.63, 3.8) is 0 Å². The van der Waals surface area contributed by atoms with Gasteiger partial charge in [0.2, 0.25) is 11.2 Å². The first-order chi connectivity index (χ1) is 14.8. The van der Waals surface area contributed by atoms with Gasteiger partial charge < -0.3 is 14.3 Å². The number of rotatable bonds is 3. The number of aryl methyl sites for hydroxylation is 2. The SMILES string of the molecule is [C-]#[N+]C(C)(C)Cc1cc2c3c([n+](C)ccc3c1)-c1c(c(OC)c3ccccc3c1C)O2. The molecule has 0 radical (unpaired) electrons. The van der Waals surface area contributed by atoms with Gasteiger partial charge in [-0.3, -0.25) is 0 Å². The van der Waals surface area contributed by atoms with Crippen molar-refractivity contribution in [2.75, 3.05) is 7.11 Å². The Bertz CT molecular complexity index is 1430. The molecule has 2 heterocycles. The molecule has 0 fully saturated rings. The predicted molar refractivity (Wildman–Crippen MR) is 124 cm³/mol. The van der Waals surface area contributed by atoms with Crippen LogP contribution in [0, 0.1) is 13.5 Å². The maximum Gasteiger partial charge on any atom is 0.231 e. The van der Waals surface area contributed by atoms with E-state index < -0.39 is 5.54 Å². The summed E-state index contributed by atoms with van der Waals surface area (Å²) in [6.07, 6.45) is 2.77. The van der Waals surface area contributed by atoms with Crippen molar-refractivity contribution in [2.45, 2.75) is 32.7 Å². The van der Waals surface area contributed by atoms with Gasteiger partial charge in [0.05, 0.1) is 24.5 Å². The van der Waals surface area contributed by atoms with Gasteiger partial charge in [0.15, 0.2) is 17.7 Å². The van der Waals surface area contributed by atoms with Crippen LogP contribution in [0.5, 0.6) is 17.2 Å². The zero-order valence-corrected chi connectivity index (χ0v) is 18.5. The third-order valence-corrected chi connectivity index (χ3v) is 6.24. The number of hydrogen-bond acceptors (Lipinski definition) is 2. The van der Waals surface area contributed by atoms with Gasteiger partial charge in [-0.25, -0.2) is 11.1 Å². The molecule has 0 unspecified atom stereocenters. The first-order valence-electron chi connectivity index (χ1n) is 10.5. The molecular weight excluding hydrogens is 384 g/mol. The summed E-state index contributed by atoms with van der Waals surface area (Å²) < 4.78 is 14.6. The quantitative estimate of drug-likeness (QED) is 0.264. The van der Waals surface area contributed by atoms with Crippen molar-refractivity contribution in [3.05, 3.63) is 71.2 Å². The highest BCUT2D eigenvalue weighted by Gasteiger charge is 2.34. The highest BCUT2D eigenvalue weighted by atomic mass is 16.5. The maximum atomic E-state index is 7.51. The summed E-state index contributed by atoms with van der Waals surface area (Å²) in [5.74, 6) is 2.33. The molecule has 1 aliphatic heterocycles. The molecule has 4 heteroatoms. The van der Waals surface area contributed by atoms with Crippen LogP contribution in [0.4, 0.5) is 0 Å². The Morgan fingerprint density at radius 3 is 2.58 bits per heavy atom. The molecule has 3 aromatic carbocycles. The van der Waals surface area contributed by atoms with Gasteiger partial charge in [-0.2, -0.15) is 0 Å². The van der Waals surface area contributed by atoms with E-state index in [9.17, 15) is 0 Å². The summed E-state index contributed by atoms with van der Waals surface area (Å²) in [6, 6.07) is 14.7. The highest BCUT2D eigenvalue weighted by molar-refractivity contribution is 6.07. The minimum Gasteiger partial charge on any atom is -0.492 e. The smallest absolute Gasteiger partial charge is 0.231 e. The lowest BCUT2D eigenvalue weighted by Crippen LogP contribution is -2.32. The molecule has 4 aromatic rings. The summed E-state index contributed by atoms with van der Waals surface area (Å²) in [6.45, 7) is 13.6. The molecule has 0 N–H and O–H groups in total. The van der Waals surface area contributed by atoms with E-state index in [0.29, 0.717) is 6.42 Å². The van der Waals surface area contributed by atoms with E-state index in [4.69, 9.17) is 16.0 Å². The van der Waals surface area contributed by atoms with Gasteiger partial charge in [0, 0.05) is 25.3 Å². The van der Waals surface area contributed by atoms with Crippen LogP contribution in [-0.4, -0.2) is 12.6 Å². The Hall–Kier alpha value is -3.58. The Morgan fingerprint density at radius 1 is 1.13 bits per heavy atom. The lowest BCUT2D eigenvalue weighted by molar-refractivity contribution is -0.659. The Labute approximate surface area is 182 Å². The Balaban J connectivity index is 1.87. The fourth-order valence-electron chi connectivity index (χ4n) is 4.79. The molecule has 5 rings (SSSR count). The van der Waals surface area contributed by atoms with Gasteiger partial charge >= 0.3 is 0 Å². The van der Waals surface area contributed by atoms with Crippen molar-refractivity contribution >= 4 is 21.5 Å². The predicted octanol–water partition coefficient (Wildman–Crippen LogP) is 6.15. The topological polar surface area (TPSA) is 26.7 Å². The number of pyridine rings is 1. The van der Waals surface area contributed by atoms with Crippen LogP contribution in [0.15, 0.2) is 48.7 Å².